The van der Waals surface area contributed by atoms with Crippen LogP contribution in [-0.2, 0) is 10.0 Å². The molecule has 7 nitrogen and oxygen atoms in total. The summed E-state index contributed by atoms with van der Waals surface area (Å²) in [5, 5.41) is 14.1. The normalized spacial score (nSPS) is 11.1. The summed E-state index contributed by atoms with van der Waals surface area (Å²) < 4.78 is 32.8. The highest BCUT2D eigenvalue weighted by atomic mass is 32.2. The Morgan fingerprint density at radius 3 is 2.11 bits per heavy atom. The minimum absolute atomic E-state index is 0.174. The molecule has 8 heteroatoms. The Balaban J connectivity index is 3.83. The van der Waals surface area contributed by atoms with E-state index in [-0.39, 0.29) is 27.5 Å². The van der Waals surface area contributed by atoms with E-state index in [1.54, 1.807) is 0 Å². The third kappa shape index (κ3) is 2.39. The second kappa shape index (κ2) is 4.83. The number of primary sulfonamides is 1. The zero-order chi connectivity index (χ0) is 14.1. The second-order valence-corrected chi connectivity index (χ2v) is 4.99. The molecule has 3 N–H and O–H groups in total. The molecular weight excluding hydrogens is 262 g/mol. The van der Waals surface area contributed by atoms with Crippen LogP contribution in [0.15, 0.2) is 11.0 Å². The van der Waals surface area contributed by atoms with Crippen molar-refractivity contribution in [1.82, 2.24) is 0 Å². The Hall–Kier alpha value is -1.80. The molecule has 0 saturated heterocycles. The standard InChI is InChI=1S/C10H13NO6S/c1-5-4-6(10(12)13)7(16-2)8(17-3)9(5)18(11,14)15/h4H,1-3H3,(H,12,13)(H2,11,14,15). The number of carbonyl (C=O) groups is 1. The lowest BCUT2D eigenvalue weighted by molar-refractivity contribution is 0.0692. The van der Waals surface area contributed by atoms with E-state index in [1.807, 2.05) is 0 Å². The number of carboxylic acid groups (broad SMARTS) is 1. The first-order chi connectivity index (χ1) is 8.23. The molecule has 0 aromatic heterocycles. The molecule has 0 radical (unpaired) electrons. The maximum Gasteiger partial charge on any atom is 0.339 e. The van der Waals surface area contributed by atoms with Gasteiger partial charge >= 0.3 is 5.97 Å². The van der Waals surface area contributed by atoms with E-state index in [2.05, 4.69) is 0 Å². The molecule has 0 atom stereocenters. The topological polar surface area (TPSA) is 116 Å². The van der Waals surface area contributed by atoms with Crippen LogP contribution in [0, 0.1) is 6.92 Å². The first-order valence-corrected chi connectivity index (χ1v) is 6.30. The van der Waals surface area contributed by atoms with Gasteiger partial charge in [0.05, 0.1) is 14.2 Å². The fourth-order valence-electron chi connectivity index (χ4n) is 1.65. The molecule has 0 aliphatic heterocycles. The Kier molecular flexibility index (Phi) is 3.82. The summed E-state index contributed by atoms with van der Waals surface area (Å²) in [5.74, 6) is -1.65. The summed E-state index contributed by atoms with van der Waals surface area (Å²) >= 11 is 0. The molecule has 1 aromatic carbocycles. The predicted octanol–water partition coefficient (Wildman–Crippen LogP) is 0.358. The van der Waals surface area contributed by atoms with Gasteiger partial charge in [0.25, 0.3) is 0 Å². The lowest BCUT2D eigenvalue weighted by Gasteiger charge is -2.15. The number of nitrogens with two attached hydrogens (primary N) is 1. The van der Waals surface area contributed by atoms with Crippen molar-refractivity contribution >= 4 is 16.0 Å². The number of aromatic carboxylic acids is 1. The Morgan fingerprint density at radius 1 is 1.28 bits per heavy atom. The number of hydrogen-bond donors (Lipinski definition) is 2. The van der Waals surface area contributed by atoms with Crippen LogP contribution in [0.25, 0.3) is 0 Å². The summed E-state index contributed by atoms with van der Waals surface area (Å²) in [4.78, 5) is 10.8. The van der Waals surface area contributed by atoms with Crippen LogP contribution in [0.3, 0.4) is 0 Å². The highest BCUT2D eigenvalue weighted by molar-refractivity contribution is 7.89. The van der Waals surface area contributed by atoms with Crippen molar-refractivity contribution in [2.45, 2.75) is 11.8 Å². The van der Waals surface area contributed by atoms with Crippen LogP contribution in [0.4, 0.5) is 0 Å². The van der Waals surface area contributed by atoms with Crippen molar-refractivity contribution in [2.75, 3.05) is 14.2 Å². The molecule has 0 aliphatic rings. The van der Waals surface area contributed by atoms with Crippen molar-refractivity contribution in [3.63, 3.8) is 0 Å². The van der Waals surface area contributed by atoms with Crippen LogP contribution in [0.1, 0.15) is 15.9 Å². The molecule has 0 fully saturated rings. The minimum Gasteiger partial charge on any atom is -0.492 e. The van der Waals surface area contributed by atoms with Gasteiger partial charge in [-0.1, -0.05) is 0 Å². The number of carboxylic acids is 1. The molecule has 0 aliphatic carbocycles. The van der Waals surface area contributed by atoms with Gasteiger partial charge in [0, 0.05) is 0 Å². The molecular formula is C10H13NO6S. The van der Waals surface area contributed by atoms with Crippen LogP contribution < -0.4 is 14.6 Å². The lowest BCUT2D eigenvalue weighted by atomic mass is 10.1. The van der Waals surface area contributed by atoms with Crippen LogP contribution in [0.2, 0.25) is 0 Å². The molecule has 0 bridgehead atoms. The van der Waals surface area contributed by atoms with Gasteiger partial charge in [-0.15, -0.1) is 0 Å². The highest BCUT2D eigenvalue weighted by Crippen LogP contribution is 2.39. The number of rotatable bonds is 4. The molecule has 0 unspecified atom stereocenters. The number of methoxy groups -OCH3 is 2. The van der Waals surface area contributed by atoms with E-state index in [0.29, 0.717) is 0 Å². The first-order valence-electron chi connectivity index (χ1n) is 4.75. The van der Waals surface area contributed by atoms with Crippen LogP contribution >= 0.6 is 0 Å². The van der Waals surface area contributed by atoms with Gasteiger partial charge in [-0.05, 0) is 18.6 Å². The summed E-state index contributed by atoms with van der Waals surface area (Å²) in [6.45, 7) is 1.42. The number of aryl methyl sites for hydroxylation is 1. The molecule has 0 amide bonds. The monoisotopic (exact) mass is 275 g/mol. The molecule has 0 saturated carbocycles. The maximum atomic E-state index is 11.5. The van der Waals surface area contributed by atoms with E-state index in [9.17, 15) is 13.2 Å². The maximum absolute atomic E-state index is 11.5. The molecule has 0 spiro atoms. The zero-order valence-electron chi connectivity index (χ0n) is 10.1. The van der Waals surface area contributed by atoms with Crippen molar-refractivity contribution in [2.24, 2.45) is 5.14 Å². The van der Waals surface area contributed by atoms with Gasteiger partial charge in [0.15, 0.2) is 11.5 Å². The molecule has 1 rings (SSSR count). The summed E-state index contributed by atoms with van der Waals surface area (Å²) in [7, 11) is -1.63. The Labute approximate surface area is 104 Å². The predicted molar refractivity (Wildman–Crippen MR) is 62.6 cm³/mol. The smallest absolute Gasteiger partial charge is 0.339 e. The first kappa shape index (κ1) is 14.3. The number of ether oxygens (including phenoxy) is 2. The van der Waals surface area contributed by atoms with E-state index in [0.717, 1.165) is 0 Å². The average Bonchev–Trinajstić information content (AvgIpc) is 2.25. The van der Waals surface area contributed by atoms with E-state index in [4.69, 9.17) is 19.7 Å². The summed E-state index contributed by atoms with van der Waals surface area (Å²) in [6, 6.07) is 1.17. The van der Waals surface area contributed by atoms with E-state index >= 15 is 0 Å². The van der Waals surface area contributed by atoms with Gasteiger partial charge in [0.2, 0.25) is 10.0 Å². The molecule has 0 heterocycles. The number of sulfonamides is 1. The number of benzene rings is 1. The molecule has 100 valence electrons. The van der Waals surface area contributed by atoms with E-state index < -0.39 is 16.0 Å². The van der Waals surface area contributed by atoms with Crippen molar-refractivity contribution in [3.05, 3.63) is 17.2 Å². The molecule has 18 heavy (non-hydrogen) atoms. The number of hydrogen-bond acceptors (Lipinski definition) is 5. The Bertz CT molecular complexity index is 593. The van der Waals surface area contributed by atoms with Gasteiger partial charge < -0.3 is 14.6 Å². The average molecular weight is 275 g/mol. The Morgan fingerprint density at radius 2 is 1.78 bits per heavy atom. The second-order valence-electron chi connectivity index (χ2n) is 3.49. The fraction of sp³-hybridized carbons (Fsp3) is 0.300. The molecule has 1 aromatic rings. The third-order valence-corrected chi connectivity index (χ3v) is 3.38. The zero-order valence-corrected chi connectivity index (χ0v) is 10.9. The van der Waals surface area contributed by atoms with Crippen molar-refractivity contribution in [1.29, 1.82) is 0 Å². The minimum atomic E-state index is -4.05. The van der Waals surface area contributed by atoms with Gasteiger partial charge in [-0.2, -0.15) is 0 Å². The quantitative estimate of drug-likeness (QED) is 0.819. The van der Waals surface area contributed by atoms with Gasteiger partial charge in [-0.3, -0.25) is 0 Å². The van der Waals surface area contributed by atoms with Gasteiger partial charge in [-0.25, -0.2) is 18.4 Å². The fourth-order valence-corrected chi connectivity index (χ4v) is 2.59. The summed E-state index contributed by atoms with van der Waals surface area (Å²) in [6.07, 6.45) is 0. The lowest BCUT2D eigenvalue weighted by Crippen LogP contribution is -2.17. The van der Waals surface area contributed by atoms with Crippen molar-refractivity contribution < 1.29 is 27.8 Å². The van der Waals surface area contributed by atoms with Crippen LogP contribution in [-0.4, -0.2) is 33.7 Å². The SMILES string of the molecule is COc1c(C(=O)O)cc(C)c(S(N)(=O)=O)c1OC. The van der Waals surface area contributed by atoms with Crippen molar-refractivity contribution in [3.8, 4) is 11.5 Å². The van der Waals surface area contributed by atoms with Crippen LogP contribution in [0.5, 0.6) is 11.5 Å². The highest BCUT2D eigenvalue weighted by Gasteiger charge is 2.27. The summed E-state index contributed by atoms with van der Waals surface area (Å²) in [5.41, 5.74) is -0.0215. The third-order valence-electron chi connectivity index (χ3n) is 2.30. The largest absolute Gasteiger partial charge is 0.492 e. The van der Waals surface area contributed by atoms with Gasteiger partial charge in [0.1, 0.15) is 10.5 Å². The van der Waals surface area contributed by atoms with E-state index in [1.165, 1.54) is 27.2 Å².